The Labute approximate surface area is 87.9 Å². The molecule has 0 aromatic carbocycles. The van der Waals surface area contributed by atoms with Crippen molar-refractivity contribution in [3.8, 4) is 0 Å². The van der Waals surface area contributed by atoms with E-state index < -0.39 is 0 Å². The molecule has 1 aromatic rings. The summed E-state index contributed by atoms with van der Waals surface area (Å²) in [5.41, 5.74) is -0.642. The Balaban J connectivity index is 3.00. The van der Waals surface area contributed by atoms with Gasteiger partial charge in [-0.2, -0.15) is 5.10 Å². The number of hydrogen-bond acceptors (Lipinski definition) is 3. The van der Waals surface area contributed by atoms with E-state index >= 15 is 0 Å². The van der Waals surface area contributed by atoms with Crippen molar-refractivity contribution in [2.45, 2.75) is 32.9 Å². The van der Waals surface area contributed by atoms with Gasteiger partial charge in [0.1, 0.15) is 12.9 Å². The molecular weight excluding hydrogens is 196 g/mol. The Kier molecular flexibility index (Phi) is 2.97. The number of hydrogen-bond donors (Lipinski definition) is 1. The zero-order chi connectivity index (χ0) is 11.6. The summed E-state index contributed by atoms with van der Waals surface area (Å²) in [5.74, 6) is -0.217. The van der Waals surface area contributed by atoms with Gasteiger partial charge in [0.05, 0.1) is 5.54 Å². The van der Waals surface area contributed by atoms with Crippen LogP contribution in [0.15, 0.2) is 11.1 Å². The summed E-state index contributed by atoms with van der Waals surface area (Å²) in [6.45, 7) is 5.65. The lowest BCUT2D eigenvalue weighted by Gasteiger charge is -2.16. The number of amides is 1. The van der Waals surface area contributed by atoms with Crippen molar-refractivity contribution in [3.63, 3.8) is 0 Å². The zero-order valence-electron chi connectivity index (χ0n) is 9.44. The number of aromatic nitrogens is 3. The fourth-order valence-corrected chi connectivity index (χ4v) is 1.14. The smallest absolute Gasteiger partial charge is 0.346 e. The van der Waals surface area contributed by atoms with Crippen molar-refractivity contribution in [2.24, 2.45) is 0 Å². The lowest BCUT2D eigenvalue weighted by Crippen LogP contribution is -2.37. The summed E-state index contributed by atoms with van der Waals surface area (Å²) >= 11 is 0. The second-order valence-corrected chi connectivity index (χ2v) is 4.30. The standard InChI is InChI=1S/C9H16N4O2/c1-9(2,3)13-8(15)12(6-11-13)5-7(14)10-4/h6H,5H2,1-4H3,(H,10,14). The van der Waals surface area contributed by atoms with Crippen LogP contribution in [0.4, 0.5) is 0 Å². The second-order valence-electron chi connectivity index (χ2n) is 4.30. The van der Waals surface area contributed by atoms with Crippen molar-refractivity contribution in [3.05, 3.63) is 16.8 Å². The molecule has 0 aliphatic rings. The first-order valence-corrected chi connectivity index (χ1v) is 4.72. The Morgan fingerprint density at radius 2 is 2.13 bits per heavy atom. The molecule has 0 radical (unpaired) electrons. The van der Waals surface area contributed by atoms with E-state index in [-0.39, 0.29) is 23.7 Å². The van der Waals surface area contributed by atoms with Crippen LogP contribution in [-0.4, -0.2) is 27.3 Å². The van der Waals surface area contributed by atoms with Crippen LogP contribution in [0.5, 0.6) is 0 Å². The molecule has 6 nitrogen and oxygen atoms in total. The molecule has 15 heavy (non-hydrogen) atoms. The third-order valence-electron chi connectivity index (χ3n) is 1.96. The van der Waals surface area contributed by atoms with Gasteiger partial charge in [0, 0.05) is 7.05 Å². The van der Waals surface area contributed by atoms with E-state index in [0.717, 1.165) is 0 Å². The maximum Gasteiger partial charge on any atom is 0.346 e. The maximum absolute atomic E-state index is 11.8. The highest BCUT2D eigenvalue weighted by molar-refractivity contribution is 5.75. The molecule has 1 aromatic heterocycles. The van der Waals surface area contributed by atoms with E-state index in [0.29, 0.717) is 0 Å². The number of carbonyl (C=O) groups excluding carboxylic acids is 1. The van der Waals surface area contributed by atoms with E-state index in [1.807, 2.05) is 20.8 Å². The Morgan fingerprint density at radius 3 is 2.53 bits per heavy atom. The fraction of sp³-hybridized carbons (Fsp3) is 0.667. The lowest BCUT2D eigenvalue weighted by atomic mass is 10.1. The first kappa shape index (κ1) is 11.5. The SMILES string of the molecule is CNC(=O)Cn1cnn(C(C)(C)C)c1=O. The van der Waals surface area contributed by atoms with Crippen LogP contribution < -0.4 is 11.0 Å². The van der Waals surface area contributed by atoms with Gasteiger partial charge in [0.25, 0.3) is 0 Å². The van der Waals surface area contributed by atoms with E-state index in [1.54, 1.807) is 0 Å². The molecular formula is C9H16N4O2. The molecule has 0 fully saturated rings. The fourth-order valence-electron chi connectivity index (χ4n) is 1.14. The van der Waals surface area contributed by atoms with E-state index in [4.69, 9.17) is 0 Å². The van der Waals surface area contributed by atoms with Gasteiger partial charge in [-0.25, -0.2) is 9.48 Å². The first-order chi connectivity index (χ1) is 6.86. The van der Waals surface area contributed by atoms with Gasteiger partial charge in [-0.15, -0.1) is 0 Å². The Morgan fingerprint density at radius 1 is 1.53 bits per heavy atom. The predicted molar refractivity (Wildman–Crippen MR) is 55.5 cm³/mol. The second kappa shape index (κ2) is 3.88. The summed E-state index contributed by atoms with van der Waals surface area (Å²) < 4.78 is 2.64. The molecule has 1 heterocycles. The number of carbonyl (C=O) groups is 1. The minimum Gasteiger partial charge on any atom is -0.358 e. The van der Waals surface area contributed by atoms with Gasteiger partial charge in [-0.05, 0) is 20.8 Å². The summed E-state index contributed by atoms with van der Waals surface area (Å²) in [4.78, 5) is 22.8. The van der Waals surface area contributed by atoms with Crippen LogP contribution in [0.25, 0.3) is 0 Å². The minimum absolute atomic E-state index is 0.00537. The zero-order valence-corrected chi connectivity index (χ0v) is 9.44. The number of rotatable bonds is 2. The molecule has 0 aliphatic carbocycles. The molecule has 6 heteroatoms. The molecule has 0 saturated heterocycles. The van der Waals surface area contributed by atoms with Gasteiger partial charge in [-0.1, -0.05) is 0 Å². The van der Waals surface area contributed by atoms with Gasteiger partial charge in [0.2, 0.25) is 5.91 Å². The number of likely N-dealkylation sites (N-methyl/N-ethyl adjacent to an activating group) is 1. The van der Waals surface area contributed by atoms with Gasteiger partial charge in [0.15, 0.2) is 0 Å². The highest BCUT2D eigenvalue weighted by atomic mass is 16.2. The summed E-state index contributed by atoms with van der Waals surface area (Å²) in [7, 11) is 1.53. The Bertz CT molecular complexity index is 410. The Hall–Kier alpha value is -1.59. The first-order valence-electron chi connectivity index (χ1n) is 4.72. The maximum atomic E-state index is 11.8. The highest BCUT2D eigenvalue weighted by Gasteiger charge is 2.19. The van der Waals surface area contributed by atoms with Crippen molar-refractivity contribution >= 4 is 5.91 Å². The topological polar surface area (TPSA) is 68.9 Å². The van der Waals surface area contributed by atoms with Crippen LogP contribution >= 0.6 is 0 Å². The molecule has 1 N–H and O–H groups in total. The molecule has 0 atom stereocenters. The molecule has 84 valence electrons. The lowest BCUT2D eigenvalue weighted by molar-refractivity contribution is -0.121. The van der Waals surface area contributed by atoms with E-state index in [1.165, 1.54) is 22.6 Å². The number of nitrogens with one attached hydrogen (secondary N) is 1. The van der Waals surface area contributed by atoms with E-state index in [9.17, 15) is 9.59 Å². The monoisotopic (exact) mass is 212 g/mol. The summed E-state index contributed by atoms with van der Waals surface area (Å²) in [5, 5.41) is 6.41. The van der Waals surface area contributed by atoms with Crippen LogP contribution in [0.3, 0.4) is 0 Å². The third-order valence-corrected chi connectivity index (χ3v) is 1.96. The quantitative estimate of drug-likeness (QED) is 0.721. The summed E-state index contributed by atoms with van der Waals surface area (Å²) in [6, 6.07) is 0. The molecule has 0 bridgehead atoms. The molecule has 1 amide bonds. The minimum atomic E-state index is -0.370. The average Bonchev–Trinajstić information content (AvgIpc) is 2.47. The van der Waals surface area contributed by atoms with E-state index in [2.05, 4.69) is 10.4 Å². The van der Waals surface area contributed by atoms with Crippen LogP contribution in [0.1, 0.15) is 20.8 Å². The predicted octanol–water partition coefficient (Wildman–Crippen LogP) is -0.454. The van der Waals surface area contributed by atoms with Crippen LogP contribution in [-0.2, 0) is 16.9 Å². The summed E-state index contributed by atoms with van der Waals surface area (Å²) in [6.07, 6.45) is 1.38. The van der Waals surface area contributed by atoms with Gasteiger partial charge in [-0.3, -0.25) is 9.36 Å². The molecule has 1 rings (SSSR count). The molecule has 0 aliphatic heterocycles. The third kappa shape index (κ3) is 2.45. The van der Waals surface area contributed by atoms with Crippen molar-refractivity contribution < 1.29 is 4.79 Å². The molecule has 0 saturated carbocycles. The van der Waals surface area contributed by atoms with Gasteiger partial charge < -0.3 is 5.32 Å². The van der Waals surface area contributed by atoms with Crippen molar-refractivity contribution in [2.75, 3.05) is 7.05 Å². The van der Waals surface area contributed by atoms with Crippen LogP contribution in [0, 0.1) is 0 Å². The van der Waals surface area contributed by atoms with Crippen molar-refractivity contribution in [1.82, 2.24) is 19.7 Å². The largest absolute Gasteiger partial charge is 0.358 e. The number of nitrogens with zero attached hydrogens (tertiary/aromatic N) is 3. The van der Waals surface area contributed by atoms with Crippen molar-refractivity contribution in [1.29, 1.82) is 0 Å². The van der Waals surface area contributed by atoms with Gasteiger partial charge >= 0.3 is 5.69 Å². The normalized spacial score (nSPS) is 11.5. The molecule has 0 unspecified atom stereocenters. The van der Waals surface area contributed by atoms with Crippen LogP contribution in [0.2, 0.25) is 0 Å². The highest BCUT2D eigenvalue weighted by Crippen LogP contribution is 2.07. The average molecular weight is 212 g/mol. The molecule has 0 spiro atoms.